The Balaban J connectivity index is 1.50. The zero-order valence-corrected chi connectivity index (χ0v) is 15.0. The molecule has 2 aromatic rings. The minimum Gasteiger partial charge on any atom is -0.457 e. The van der Waals surface area contributed by atoms with Gasteiger partial charge in [0.15, 0.2) is 0 Å². The van der Waals surface area contributed by atoms with E-state index in [0.29, 0.717) is 5.92 Å². The van der Waals surface area contributed by atoms with E-state index in [1.54, 1.807) is 0 Å². The number of rotatable bonds is 8. The summed E-state index contributed by atoms with van der Waals surface area (Å²) in [6.07, 6.45) is 5.14. The smallest absolute Gasteiger partial charge is 0.127 e. The lowest BCUT2D eigenvalue weighted by molar-refractivity contribution is 0.147. The summed E-state index contributed by atoms with van der Waals surface area (Å²) in [5.41, 5.74) is 1.31. The molecule has 0 spiro atoms. The average Bonchev–Trinajstić information content (AvgIpc) is 2.97. The Morgan fingerprint density at radius 3 is 2.44 bits per heavy atom. The first-order valence-electron chi connectivity index (χ1n) is 9.48. The number of para-hydroxylation sites is 1. The molecule has 0 aromatic heterocycles. The Morgan fingerprint density at radius 1 is 1.00 bits per heavy atom. The summed E-state index contributed by atoms with van der Waals surface area (Å²) < 4.78 is 5.84. The van der Waals surface area contributed by atoms with Crippen molar-refractivity contribution in [3.8, 4) is 11.5 Å². The molecule has 0 heterocycles. The van der Waals surface area contributed by atoms with Crippen molar-refractivity contribution in [3.63, 3.8) is 0 Å². The molecule has 3 heteroatoms. The van der Waals surface area contributed by atoms with Gasteiger partial charge in [0.2, 0.25) is 0 Å². The van der Waals surface area contributed by atoms with E-state index < -0.39 is 0 Å². The Morgan fingerprint density at radius 2 is 1.72 bits per heavy atom. The lowest BCUT2D eigenvalue weighted by Crippen LogP contribution is -2.36. The maximum atomic E-state index is 10.3. The molecule has 0 radical (unpaired) electrons. The van der Waals surface area contributed by atoms with Crippen LogP contribution in [0.5, 0.6) is 11.5 Å². The van der Waals surface area contributed by atoms with Crippen LogP contribution in [0.25, 0.3) is 0 Å². The molecule has 3 rings (SSSR count). The van der Waals surface area contributed by atoms with E-state index >= 15 is 0 Å². The average molecular weight is 339 g/mol. The van der Waals surface area contributed by atoms with Gasteiger partial charge in [-0.2, -0.15) is 0 Å². The number of aliphatic hydroxyl groups excluding tert-OH is 1. The van der Waals surface area contributed by atoms with Gasteiger partial charge < -0.3 is 15.2 Å². The van der Waals surface area contributed by atoms with Gasteiger partial charge in [-0.15, -0.1) is 0 Å². The molecule has 3 nitrogen and oxygen atoms in total. The highest BCUT2D eigenvalue weighted by atomic mass is 16.5. The minimum absolute atomic E-state index is 0.206. The summed E-state index contributed by atoms with van der Waals surface area (Å²) in [5.74, 6) is 2.27. The molecule has 1 aliphatic carbocycles. The van der Waals surface area contributed by atoms with Gasteiger partial charge in [-0.25, -0.2) is 0 Å². The first-order valence-corrected chi connectivity index (χ1v) is 9.48. The summed E-state index contributed by atoms with van der Waals surface area (Å²) in [6, 6.07) is 18.5. The van der Waals surface area contributed by atoms with Crippen LogP contribution in [-0.2, 0) is 6.42 Å². The molecule has 0 saturated heterocycles. The lowest BCUT2D eigenvalue weighted by atomic mass is 9.97. The summed E-state index contributed by atoms with van der Waals surface area (Å²) in [4.78, 5) is 0. The van der Waals surface area contributed by atoms with Gasteiger partial charge in [0.05, 0.1) is 6.10 Å². The second-order valence-electron chi connectivity index (χ2n) is 7.08. The number of aliphatic hydroxyl groups is 1. The number of ether oxygens (including phenoxy) is 1. The van der Waals surface area contributed by atoms with Crippen molar-refractivity contribution in [2.45, 2.75) is 51.2 Å². The second kappa shape index (κ2) is 9.02. The highest BCUT2D eigenvalue weighted by Gasteiger charge is 2.32. The quantitative estimate of drug-likeness (QED) is 0.693. The van der Waals surface area contributed by atoms with Crippen LogP contribution < -0.4 is 10.1 Å². The predicted molar refractivity (Wildman–Crippen MR) is 102 cm³/mol. The summed E-state index contributed by atoms with van der Waals surface area (Å²) in [7, 11) is 0. The Kier molecular flexibility index (Phi) is 6.48. The van der Waals surface area contributed by atoms with Crippen molar-refractivity contribution in [3.05, 3.63) is 60.2 Å². The van der Waals surface area contributed by atoms with E-state index in [1.165, 1.54) is 18.4 Å². The molecular formula is C22H29NO2. The lowest BCUT2D eigenvalue weighted by Gasteiger charge is -2.16. The van der Waals surface area contributed by atoms with Crippen LogP contribution in [0.15, 0.2) is 54.6 Å². The molecule has 3 atom stereocenters. The Hall–Kier alpha value is -1.84. The monoisotopic (exact) mass is 339 g/mol. The van der Waals surface area contributed by atoms with Crippen LogP contribution in [0, 0.1) is 5.92 Å². The van der Waals surface area contributed by atoms with E-state index in [-0.39, 0.29) is 12.1 Å². The predicted octanol–water partition coefficient (Wildman–Crippen LogP) is 4.55. The van der Waals surface area contributed by atoms with Crippen LogP contribution in [0.3, 0.4) is 0 Å². The van der Waals surface area contributed by atoms with E-state index in [0.717, 1.165) is 37.3 Å². The molecule has 1 aliphatic rings. The van der Waals surface area contributed by atoms with Gasteiger partial charge in [-0.3, -0.25) is 0 Å². The second-order valence-corrected chi connectivity index (χ2v) is 7.08. The zero-order valence-electron chi connectivity index (χ0n) is 15.0. The van der Waals surface area contributed by atoms with Gasteiger partial charge in [-0.05, 0) is 68.0 Å². The van der Waals surface area contributed by atoms with Crippen molar-refractivity contribution in [2.75, 3.05) is 6.54 Å². The molecule has 1 saturated carbocycles. The number of unbranched alkanes of at least 4 members (excludes halogenated alkanes) is 1. The van der Waals surface area contributed by atoms with Gasteiger partial charge >= 0.3 is 0 Å². The van der Waals surface area contributed by atoms with E-state index in [1.807, 2.05) is 42.5 Å². The summed E-state index contributed by atoms with van der Waals surface area (Å²) in [6.45, 7) is 3.21. The maximum absolute atomic E-state index is 10.3. The molecular weight excluding hydrogens is 310 g/mol. The molecule has 2 N–H and O–H groups in total. The third kappa shape index (κ3) is 5.32. The number of benzene rings is 2. The number of nitrogens with one attached hydrogen (secondary N) is 1. The summed E-state index contributed by atoms with van der Waals surface area (Å²) in [5, 5.41) is 13.8. The molecule has 0 amide bonds. The Bertz CT molecular complexity index is 626. The van der Waals surface area contributed by atoms with Gasteiger partial charge in [0.25, 0.3) is 0 Å². The molecule has 25 heavy (non-hydrogen) atoms. The van der Waals surface area contributed by atoms with Crippen LogP contribution in [0.4, 0.5) is 0 Å². The highest BCUT2D eigenvalue weighted by molar-refractivity contribution is 5.33. The third-order valence-electron chi connectivity index (χ3n) is 4.99. The fourth-order valence-electron chi connectivity index (χ4n) is 3.62. The topological polar surface area (TPSA) is 41.5 Å². The molecule has 2 aromatic carbocycles. The van der Waals surface area contributed by atoms with Crippen LogP contribution >= 0.6 is 0 Å². The standard InChI is InChI=1S/C22H29NO2/c1-2-3-13-23-21-15-18(16-22(21)24)14-17-9-11-20(12-10-17)25-19-7-5-4-6-8-19/h4-12,18,21-24H,2-3,13-16H2,1H3/t18-,21-,22-/m1/s1. The van der Waals surface area contributed by atoms with Crippen LogP contribution in [0.1, 0.15) is 38.2 Å². The normalized spacial score (nSPS) is 22.9. The van der Waals surface area contributed by atoms with Gasteiger partial charge in [-0.1, -0.05) is 43.7 Å². The molecule has 0 bridgehead atoms. The SMILES string of the molecule is CCCCN[C@@H]1C[C@@H](Cc2ccc(Oc3ccccc3)cc2)C[C@H]1O. The number of hydrogen-bond donors (Lipinski definition) is 2. The maximum Gasteiger partial charge on any atom is 0.127 e. The largest absolute Gasteiger partial charge is 0.457 e. The molecule has 0 unspecified atom stereocenters. The fraction of sp³-hybridized carbons (Fsp3) is 0.455. The zero-order chi connectivity index (χ0) is 17.5. The Labute approximate surface area is 151 Å². The summed E-state index contributed by atoms with van der Waals surface area (Å²) >= 11 is 0. The van der Waals surface area contributed by atoms with Crippen molar-refractivity contribution in [1.29, 1.82) is 0 Å². The van der Waals surface area contributed by atoms with Crippen molar-refractivity contribution in [2.24, 2.45) is 5.92 Å². The fourth-order valence-corrected chi connectivity index (χ4v) is 3.62. The van der Waals surface area contributed by atoms with E-state index in [2.05, 4.69) is 24.4 Å². The van der Waals surface area contributed by atoms with Crippen molar-refractivity contribution < 1.29 is 9.84 Å². The molecule has 1 fully saturated rings. The van der Waals surface area contributed by atoms with Crippen LogP contribution in [-0.4, -0.2) is 23.8 Å². The molecule has 0 aliphatic heterocycles. The number of hydrogen-bond acceptors (Lipinski definition) is 3. The van der Waals surface area contributed by atoms with Crippen molar-refractivity contribution in [1.82, 2.24) is 5.32 Å². The first kappa shape index (κ1) is 18.0. The first-order chi connectivity index (χ1) is 12.2. The molecule has 134 valence electrons. The minimum atomic E-state index is -0.206. The van der Waals surface area contributed by atoms with Crippen molar-refractivity contribution >= 4 is 0 Å². The van der Waals surface area contributed by atoms with Crippen LogP contribution in [0.2, 0.25) is 0 Å². The van der Waals surface area contributed by atoms with E-state index in [9.17, 15) is 5.11 Å². The third-order valence-corrected chi connectivity index (χ3v) is 4.99. The highest BCUT2D eigenvalue weighted by Crippen LogP contribution is 2.30. The van der Waals surface area contributed by atoms with Gasteiger partial charge in [0, 0.05) is 6.04 Å². The van der Waals surface area contributed by atoms with E-state index in [4.69, 9.17) is 4.74 Å². The van der Waals surface area contributed by atoms with Gasteiger partial charge in [0.1, 0.15) is 11.5 Å².